The average Bonchev–Trinajstić information content (AvgIpc) is 3.19. The van der Waals surface area contributed by atoms with E-state index in [0.29, 0.717) is 27.6 Å². The number of hydrogen-bond donors (Lipinski definition) is 3. The molecule has 5 rings (SSSR count). The number of aromatic nitrogens is 3. The molecular weight excluding hydrogens is 326 g/mol. The van der Waals surface area contributed by atoms with Crippen molar-refractivity contribution in [1.82, 2.24) is 15.0 Å². The lowest BCUT2D eigenvalue weighted by Gasteiger charge is -1.99. The molecule has 0 aliphatic carbocycles. The summed E-state index contributed by atoms with van der Waals surface area (Å²) >= 11 is 0. The summed E-state index contributed by atoms with van der Waals surface area (Å²) in [6.45, 7) is 0. The van der Waals surface area contributed by atoms with Gasteiger partial charge in [-0.3, -0.25) is 29.1 Å². The second kappa shape index (κ2) is 4.23. The number of benzene rings is 2. The molecule has 3 aromatic heterocycles. The molecule has 0 bridgehead atoms. The van der Waals surface area contributed by atoms with Crippen molar-refractivity contribution in [3.63, 3.8) is 0 Å². The van der Waals surface area contributed by atoms with Gasteiger partial charge >= 0.3 is 0 Å². The molecule has 25 heavy (non-hydrogen) atoms. The van der Waals surface area contributed by atoms with Gasteiger partial charge in [-0.05, 0) is 18.2 Å². The van der Waals surface area contributed by atoms with E-state index in [4.69, 9.17) is 4.74 Å². The molecular formula is C17H9N3O5. The molecule has 0 aliphatic rings. The van der Waals surface area contributed by atoms with Crippen molar-refractivity contribution < 1.29 is 4.74 Å². The quantitative estimate of drug-likeness (QED) is 0.414. The highest BCUT2D eigenvalue weighted by molar-refractivity contribution is 6.31. The zero-order chi connectivity index (χ0) is 17.5. The SMILES string of the molecule is COc1ccc2[nH]c3c4c(=O)[nH]c(=O)c4c4c(=O)[nH]c(=O)c4c3c2c1. The van der Waals surface area contributed by atoms with Crippen LogP contribution in [0, 0.1) is 0 Å². The molecule has 8 nitrogen and oxygen atoms in total. The van der Waals surface area contributed by atoms with Crippen molar-refractivity contribution in [2.24, 2.45) is 0 Å². The number of fused-ring (bicyclic) bond motifs is 8. The van der Waals surface area contributed by atoms with Crippen LogP contribution in [0.15, 0.2) is 37.4 Å². The molecule has 2 aromatic carbocycles. The lowest BCUT2D eigenvalue weighted by atomic mass is 10.0. The standard InChI is InChI=1S/C17H9N3O5/c1-25-5-2-3-7-6(4-5)8-9-10(15(22)19-14(9)21)11-12(13(8)18-7)17(24)20-16(11)23/h2-4,18H,1H3,(H,19,21,22)(H,20,23,24). The zero-order valence-electron chi connectivity index (χ0n) is 12.8. The van der Waals surface area contributed by atoms with E-state index >= 15 is 0 Å². The van der Waals surface area contributed by atoms with Gasteiger partial charge in [0.25, 0.3) is 22.2 Å². The molecule has 5 aromatic rings. The van der Waals surface area contributed by atoms with Gasteiger partial charge in [-0.15, -0.1) is 0 Å². The first-order valence-corrected chi connectivity index (χ1v) is 7.42. The lowest BCUT2D eigenvalue weighted by molar-refractivity contribution is 0.415. The highest BCUT2D eigenvalue weighted by Gasteiger charge is 2.23. The second-order valence-electron chi connectivity index (χ2n) is 5.85. The highest BCUT2D eigenvalue weighted by atomic mass is 16.5. The predicted molar refractivity (Wildman–Crippen MR) is 93.5 cm³/mol. The monoisotopic (exact) mass is 335 g/mol. The molecule has 3 N–H and O–H groups in total. The van der Waals surface area contributed by atoms with Gasteiger partial charge in [0.1, 0.15) is 5.75 Å². The van der Waals surface area contributed by atoms with E-state index in [-0.39, 0.29) is 21.5 Å². The van der Waals surface area contributed by atoms with E-state index in [1.807, 2.05) is 0 Å². The van der Waals surface area contributed by atoms with Gasteiger partial charge in [-0.25, -0.2) is 0 Å². The van der Waals surface area contributed by atoms with Gasteiger partial charge in [0.15, 0.2) is 0 Å². The summed E-state index contributed by atoms with van der Waals surface area (Å²) in [5.74, 6) is 0.563. The van der Waals surface area contributed by atoms with E-state index in [1.54, 1.807) is 18.2 Å². The molecule has 0 saturated carbocycles. The molecule has 0 spiro atoms. The van der Waals surface area contributed by atoms with Crippen LogP contribution < -0.4 is 27.0 Å². The first-order chi connectivity index (χ1) is 12.0. The third kappa shape index (κ3) is 1.50. The highest BCUT2D eigenvalue weighted by Crippen LogP contribution is 2.35. The van der Waals surface area contributed by atoms with Crippen molar-refractivity contribution in [2.45, 2.75) is 0 Å². The fourth-order valence-corrected chi connectivity index (χ4v) is 3.61. The maximum Gasteiger partial charge on any atom is 0.261 e. The van der Waals surface area contributed by atoms with E-state index in [1.165, 1.54) is 7.11 Å². The minimum atomic E-state index is -0.681. The van der Waals surface area contributed by atoms with Crippen molar-refractivity contribution >= 4 is 43.4 Å². The van der Waals surface area contributed by atoms with Crippen molar-refractivity contribution in [2.75, 3.05) is 7.11 Å². The first-order valence-electron chi connectivity index (χ1n) is 7.42. The number of methoxy groups -OCH3 is 1. The Morgan fingerprint density at radius 2 is 1.28 bits per heavy atom. The number of rotatable bonds is 1. The Morgan fingerprint density at radius 1 is 0.720 bits per heavy atom. The molecule has 0 atom stereocenters. The number of aromatic amines is 3. The normalized spacial score (nSPS) is 12.0. The number of ether oxygens (including phenoxy) is 1. The van der Waals surface area contributed by atoms with Crippen LogP contribution >= 0.6 is 0 Å². The lowest BCUT2D eigenvalue weighted by Crippen LogP contribution is -2.08. The molecule has 0 fully saturated rings. The summed E-state index contributed by atoms with van der Waals surface area (Å²) in [6.07, 6.45) is 0. The van der Waals surface area contributed by atoms with Crippen LogP contribution in [0.4, 0.5) is 0 Å². The van der Waals surface area contributed by atoms with E-state index < -0.39 is 22.2 Å². The molecule has 8 heteroatoms. The van der Waals surface area contributed by atoms with E-state index in [2.05, 4.69) is 15.0 Å². The van der Waals surface area contributed by atoms with Gasteiger partial charge in [0.05, 0.1) is 34.2 Å². The summed E-state index contributed by atoms with van der Waals surface area (Å²) in [7, 11) is 1.51. The van der Waals surface area contributed by atoms with Crippen LogP contribution in [0.5, 0.6) is 5.75 Å². The average molecular weight is 335 g/mol. The zero-order valence-corrected chi connectivity index (χ0v) is 12.8. The Labute approximate surface area is 136 Å². The number of nitrogens with one attached hydrogen (secondary N) is 3. The van der Waals surface area contributed by atoms with Gasteiger partial charge in [-0.2, -0.15) is 0 Å². The summed E-state index contributed by atoms with van der Waals surface area (Å²) in [6, 6.07) is 5.19. The molecule has 3 heterocycles. The maximum atomic E-state index is 12.4. The minimum Gasteiger partial charge on any atom is -0.497 e. The molecule has 0 radical (unpaired) electrons. The van der Waals surface area contributed by atoms with Crippen molar-refractivity contribution in [3.05, 3.63) is 59.6 Å². The Hall–Kier alpha value is -3.68. The fourth-order valence-electron chi connectivity index (χ4n) is 3.61. The minimum absolute atomic E-state index is 0.0560. The Balaban J connectivity index is 2.30. The Bertz CT molecular complexity index is 1560. The van der Waals surface area contributed by atoms with Crippen molar-refractivity contribution in [3.8, 4) is 5.75 Å². The number of H-pyrrole nitrogens is 3. The largest absolute Gasteiger partial charge is 0.497 e. The Morgan fingerprint density at radius 3 is 1.92 bits per heavy atom. The molecule has 0 amide bonds. The summed E-state index contributed by atoms with van der Waals surface area (Å²) in [5.41, 5.74) is -1.54. The molecule has 0 unspecified atom stereocenters. The van der Waals surface area contributed by atoms with Crippen LogP contribution in [0.2, 0.25) is 0 Å². The van der Waals surface area contributed by atoms with Gasteiger partial charge in [0, 0.05) is 16.3 Å². The summed E-state index contributed by atoms with van der Waals surface area (Å²) < 4.78 is 5.22. The topological polar surface area (TPSA) is 125 Å². The smallest absolute Gasteiger partial charge is 0.261 e. The molecule has 122 valence electrons. The summed E-state index contributed by atoms with van der Waals surface area (Å²) in [5, 5.41) is 1.12. The number of hydrogen-bond acceptors (Lipinski definition) is 5. The van der Waals surface area contributed by atoms with Gasteiger partial charge in [-0.1, -0.05) is 0 Å². The van der Waals surface area contributed by atoms with E-state index in [9.17, 15) is 19.2 Å². The molecule has 0 saturated heterocycles. The van der Waals surface area contributed by atoms with Gasteiger partial charge in [0.2, 0.25) is 0 Å². The van der Waals surface area contributed by atoms with Gasteiger partial charge < -0.3 is 9.72 Å². The first kappa shape index (κ1) is 13.7. The maximum absolute atomic E-state index is 12.4. The third-order valence-electron chi connectivity index (χ3n) is 4.62. The van der Waals surface area contributed by atoms with Crippen LogP contribution in [0.25, 0.3) is 43.4 Å². The van der Waals surface area contributed by atoms with Crippen LogP contribution in [-0.4, -0.2) is 22.1 Å². The van der Waals surface area contributed by atoms with Crippen molar-refractivity contribution in [1.29, 1.82) is 0 Å². The Kier molecular flexibility index (Phi) is 2.33. The van der Waals surface area contributed by atoms with Crippen LogP contribution in [0.3, 0.4) is 0 Å². The van der Waals surface area contributed by atoms with Crippen LogP contribution in [-0.2, 0) is 0 Å². The third-order valence-corrected chi connectivity index (χ3v) is 4.62. The molecule has 0 aliphatic heterocycles. The van der Waals surface area contributed by atoms with E-state index in [0.717, 1.165) is 0 Å². The fraction of sp³-hybridized carbons (Fsp3) is 0.0588. The summed E-state index contributed by atoms with van der Waals surface area (Å²) in [4.78, 5) is 56.6. The predicted octanol–water partition coefficient (Wildman–Crippen LogP) is 0.609. The second-order valence-corrected chi connectivity index (χ2v) is 5.85. The van der Waals surface area contributed by atoms with Crippen LogP contribution in [0.1, 0.15) is 0 Å².